The SMILES string of the molecule is COc1ccc(S(=O)(=O)N(C)CC(=O)N/N=C/c2ccc(F)cc2)cc1. The van der Waals surface area contributed by atoms with E-state index in [1.54, 1.807) is 0 Å². The van der Waals surface area contributed by atoms with Gasteiger partial charge in [-0.1, -0.05) is 12.1 Å². The predicted octanol–water partition coefficient (Wildman–Crippen LogP) is 1.61. The summed E-state index contributed by atoms with van der Waals surface area (Å²) in [5, 5.41) is 3.72. The Hall–Kier alpha value is -2.78. The van der Waals surface area contributed by atoms with E-state index in [4.69, 9.17) is 4.74 Å². The van der Waals surface area contributed by atoms with Gasteiger partial charge in [0.05, 0.1) is 24.8 Å². The fourth-order valence-electron chi connectivity index (χ4n) is 1.98. The number of amides is 1. The molecule has 0 saturated heterocycles. The third-order valence-electron chi connectivity index (χ3n) is 3.41. The van der Waals surface area contributed by atoms with Gasteiger partial charge in [-0.15, -0.1) is 0 Å². The summed E-state index contributed by atoms with van der Waals surface area (Å²) >= 11 is 0. The number of carbonyl (C=O) groups is 1. The van der Waals surface area contributed by atoms with Crippen molar-refractivity contribution in [2.45, 2.75) is 4.90 Å². The summed E-state index contributed by atoms with van der Waals surface area (Å²) in [6.45, 7) is -0.408. The molecular weight excluding hydrogens is 361 g/mol. The van der Waals surface area contributed by atoms with Crippen molar-refractivity contribution in [1.29, 1.82) is 0 Å². The molecule has 0 aromatic heterocycles. The maximum atomic E-state index is 12.8. The number of nitrogens with zero attached hydrogens (tertiary/aromatic N) is 2. The maximum Gasteiger partial charge on any atom is 0.255 e. The van der Waals surface area contributed by atoms with Gasteiger partial charge in [0.25, 0.3) is 5.91 Å². The average Bonchev–Trinajstić information content (AvgIpc) is 2.63. The van der Waals surface area contributed by atoms with Crippen molar-refractivity contribution in [3.63, 3.8) is 0 Å². The van der Waals surface area contributed by atoms with Crippen LogP contribution in [0, 0.1) is 5.82 Å². The Kier molecular flexibility index (Phi) is 6.42. The van der Waals surface area contributed by atoms with E-state index in [9.17, 15) is 17.6 Å². The Morgan fingerprint density at radius 3 is 2.38 bits per heavy atom. The second kappa shape index (κ2) is 8.54. The van der Waals surface area contributed by atoms with Gasteiger partial charge in [-0.05, 0) is 42.0 Å². The molecule has 1 N–H and O–H groups in total. The Bertz CT molecular complexity index is 881. The molecule has 0 bridgehead atoms. The number of rotatable bonds is 7. The molecule has 26 heavy (non-hydrogen) atoms. The fourth-order valence-corrected chi connectivity index (χ4v) is 3.10. The van der Waals surface area contributed by atoms with Crippen molar-refractivity contribution in [3.05, 3.63) is 59.9 Å². The lowest BCUT2D eigenvalue weighted by Crippen LogP contribution is -2.36. The molecule has 0 fully saturated rings. The molecule has 0 spiro atoms. The van der Waals surface area contributed by atoms with Gasteiger partial charge in [-0.25, -0.2) is 18.2 Å². The van der Waals surface area contributed by atoms with Gasteiger partial charge in [0.1, 0.15) is 11.6 Å². The zero-order valence-electron chi connectivity index (χ0n) is 14.2. The number of halogens is 1. The van der Waals surface area contributed by atoms with E-state index in [0.29, 0.717) is 11.3 Å². The Morgan fingerprint density at radius 2 is 1.81 bits per heavy atom. The highest BCUT2D eigenvalue weighted by Crippen LogP contribution is 2.18. The second-order valence-corrected chi connectivity index (χ2v) is 7.33. The molecule has 9 heteroatoms. The number of benzene rings is 2. The van der Waals surface area contributed by atoms with E-state index >= 15 is 0 Å². The van der Waals surface area contributed by atoms with E-state index in [0.717, 1.165) is 4.31 Å². The number of sulfonamides is 1. The summed E-state index contributed by atoms with van der Waals surface area (Å²) in [6.07, 6.45) is 1.33. The average molecular weight is 379 g/mol. The van der Waals surface area contributed by atoms with Crippen LogP contribution in [0.1, 0.15) is 5.56 Å². The molecule has 2 aromatic rings. The molecule has 0 saturated carbocycles. The predicted molar refractivity (Wildman–Crippen MR) is 94.9 cm³/mol. The van der Waals surface area contributed by atoms with E-state index in [-0.39, 0.29) is 10.7 Å². The van der Waals surface area contributed by atoms with Gasteiger partial charge < -0.3 is 4.74 Å². The van der Waals surface area contributed by atoms with Crippen molar-refractivity contribution >= 4 is 22.1 Å². The van der Waals surface area contributed by atoms with Crippen molar-refractivity contribution in [2.24, 2.45) is 5.10 Å². The summed E-state index contributed by atoms with van der Waals surface area (Å²) in [5.74, 6) is -0.459. The lowest BCUT2D eigenvalue weighted by Gasteiger charge is -2.16. The highest BCUT2D eigenvalue weighted by atomic mass is 32.2. The lowest BCUT2D eigenvalue weighted by atomic mass is 10.2. The van der Waals surface area contributed by atoms with E-state index < -0.39 is 22.5 Å². The number of likely N-dealkylation sites (N-methyl/N-ethyl adjacent to an activating group) is 1. The second-order valence-electron chi connectivity index (χ2n) is 5.28. The molecule has 0 heterocycles. The number of methoxy groups -OCH3 is 1. The summed E-state index contributed by atoms with van der Waals surface area (Å²) in [6, 6.07) is 11.3. The van der Waals surface area contributed by atoms with Crippen LogP contribution < -0.4 is 10.2 Å². The molecule has 0 aliphatic heterocycles. The number of nitrogens with one attached hydrogen (secondary N) is 1. The Morgan fingerprint density at radius 1 is 1.19 bits per heavy atom. The lowest BCUT2D eigenvalue weighted by molar-refractivity contribution is -0.121. The minimum absolute atomic E-state index is 0.0448. The van der Waals surface area contributed by atoms with Crippen LogP contribution in [-0.2, 0) is 14.8 Å². The summed E-state index contributed by atoms with van der Waals surface area (Å²) in [7, 11) is -1.04. The number of ether oxygens (including phenoxy) is 1. The quantitative estimate of drug-likeness (QED) is 0.585. The third kappa shape index (κ3) is 5.11. The van der Waals surface area contributed by atoms with Gasteiger partial charge in [0, 0.05) is 7.05 Å². The van der Waals surface area contributed by atoms with E-state index in [1.807, 2.05) is 0 Å². The summed E-state index contributed by atoms with van der Waals surface area (Å²) < 4.78 is 43.5. The number of hydrogen-bond acceptors (Lipinski definition) is 5. The topological polar surface area (TPSA) is 88.1 Å². The standard InChI is InChI=1S/C17H18FN3O4S/c1-21(26(23,24)16-9-7-15(25-2)8-10-16)12-17(22)20-19-11-13-3-5-14(18)6-4-13/h3-11H,12H2,1-2H3,(H,20,22)/b19-11+. The van der Waals surface area contributed by atoms with Crippen molar-refractivity contribution in [2.75, 3.05) is 20.7 Å². The zero-order chi connectivity index (χ0) is 19.2. The van der Waals surface area contributed by atoms with Crippen LogP contribution in [0.4, 0.5) is 4.39 Å². The molecule has 138 valence electrons. The van der Waals surface area contributed by atoms with Crippen LogP contribution in [0.25, 0.3) is 0 Å². The first-order chi connectivity index (χ1) is 12.3. The van der Waals surface area contributed by atoms with E-state index in [1.165, 1.54) is 68.9 Å². The maximum absolute atomic E-state index is 12.8. The van der Waals surface area contributed by atoms with Gasteiger partial charge in [-0.2, -0.15) is 9.41 Å². The summed E-state index contributed by atoms with van der Waals surface area (Å²) in [4.78, 5) is 11.9. The molecular formula is C17H18FN3O4S. The molecule has 0 aliphatic rings. The van der Waals surface area contributed by atoms with Crippen molar-refractivity contribution in [1.82, 2.24) is 9.73 Å². The minimum Gasteiger partial charge on any atom is -0.497 e. The van der Waals surface area contributed by atoms with Crippen LogP contribution in [0.2, 0.25) is 0 Å². The Labute approximate surface area is 151 Å². The first-order valence-corrected chi connectivity index (χ1v) is 8.95. The first kappa shape index (κ1) is 19.5. The van der Waals surface area contributed by atoms with Crippen LogP contribution in [0.15, 0.2) is 58.5 Å². The molecule has 1 amide bonds. The molecule has 0 atom stereocenters. The monoisotopic (exact) mass is 379 g/mol. The van der Waals surface area contributed by atoms with Crippen LogP contribution >= 0.6 is 0 Å². The van der Waals surface area contributed by atoms with Crippen LogP contribution in [0.5, 0.6) is 5.75 Å². The highest BCUT2D eigenvalue weighted by Gasteiger charge is 2.22. The Balaban J connectivity index is 1.95. The molecule has 0 radical (unpaired) electrons. The van der Waals surface area contributed by atoms with Gasteiger partial charge in [0.15, 0.2) is 0 Å². The third-order valence-corrected chi connectivity index (χ3v) is 5.22. The van der Waals surface area contributed by atoms with Gasteiger partial charge in [0.2, 0.25) is 10.0 Å². The number of carbonyl (C=O) groups excluding carboxylic acids is 1. The van der Waals surface area contributed by atoms with Gasteiger partial charge in [-0.3, -0.25) is 4.79 Å². The molecule has 0 aliphatic carbocycles. The largest absolute Gasteiger partial charge is 0.497 e. The number of hydrazone groups is 1. The summed E-state index contributed by atoms with van der Waals surface area (Å²) in [5.41, 5.74) is 2.82. The van der Waals surface area contributed by atoms with Crippen LogP contribution in [0.3, 0.4) is 0 Å². The van der Waals surface area contributed by atoms with E-state index in [2.05, 4.69) is 10.5 Å². The molecule has 7 nitrogen and oxygen atoms in total. The van der Waals surface area contributed by atoms with Crippen molar-refractivity contribution in [3.8, 4) is 5.75 Å². The van der Waals surface area contributed by atoms with Crippen LogP contribution in [-0.4, -0.2) is 45.5 Å². The molecule has 2 rings (SSSR count). The minimum atomic E-state index is -3.82. The fraction of sp³-hybridized carbons (Fsp3) is 0.176. The first-order valence-electron chi connectivity index (χ1n) is 7.51. The normalized spacial score (nSPS) is 11.7. The highest BCUT2D eigenvalue weighted by molar-refractivity contribution is 7.89. The van der Waals surface area contributed by atoms with Crippen molar-refractivity contribution < 1.29 is 22.3 Å². The molecule has 0 unspecified atom stereocenters. The number of hydrogen-bond donors (Lipinski definition) is 1. The smallest absolute Gasteiger partial charge is 0.255 e. The van der Waals surface area contributed by atoms with Gasteiger partial charge >= 0.3 is 0 Å². The zero-order valence-corrected chi connectivity index (χ0v) is 15.0. The molecule has 2 aromatic carbocycles.